The number of aryl methyl sites for hydroxylation is 1. The molecule has 1 aromatic carbocycles. The van der Waals surface area contributed by atoms with Crippen LogP contribution >= 0.6 is 11.6 Å². The van der Waals surface area contributed by atoms with Crippen LogP contribution in [0.5, 0.6) is 0 Å². The summed E-state index contributed by atoms with van der Waals surface area (Å²) in [5.41, 5.74) is -0.297. The summed E-state index contributed by atoms with van der Waals surface area (Å²) in [4.78, 5) is 11.6. The van der Waals surface area contributed by atoms with Gasteiger partial charge in [0, 0.05) is 12.4 Å². The van der Waals surface area contributed by atoms with Crippen LogP contribution in [-0.2, 0) is 0 Å². The van der Waals surface area contributed by atoms with Gasteiger partial charge < -0.3 is 5.32 Å². The molecule has 2 nitrogen and oxygen atoms in total. The first kappa shape index (κ1) is 13.9. The van der Waals surface area contributed by atoms with Crippen LogP contribution in [0.1, 0.15) is 22.8 Å². The van der Waals surface area contributed by atoms with Crippen LogP contribution in [0, 0.1) is 24.5 Å². The minimum absolute atomic E-state index is 0.0524. The van der Waals surface area contributed by atoms with Crippen molar-refractivity contribution in [3.63, 3.8) is 0 Å². The number of carbonyl (C=O) groups is 1. The Morgan fingerprint density at radius 3 is 2.71 bits per heavy atom. The number of nitrogens with one attached hydrogen (secondary N) is 1. The summed E-state index contributed by atoms with van der Waals surface area (Å²) >= 11 is 5.57. The van der Waals surface area contributed by atoms with Crippen molar-refractivity contribution in [2.45, 2.75) is 13.8 Å². The van der Waals surface area contributed by atoms with Crippen LogP contribution in [0.25, 0.3) is 0 Å². The Kier molecular flexibility index (Phi) is 4.87. The quantitative estimate of drug-likeness (QED) is 0.830. The van der Waals surface area contributed by atoms with Crippen molar-refractivity contribution in [2.24, 2.45) is 5.92 Å². The lowest BCUT2D eigenvalue weighted by Gasteiger charge is -2.11. The lowest BCUT2D eigenvalue weighted by Crippen LogP contribution is -2.30. The molecule has 1 aromatic rings. The fourth-order valence-corrected chi connectivity index (χ4v) is 1.38. The highest BCUT2D eigenvalue weighted by molar-refractivity contribution is 6.18. The van der Waals surface area contributed by atoms with Crippen LogP contribution < -0.4 is 5.32 Å². The Bertz CT molecular complexity index is 423. The molecule has 94 valence electrons. The van der Waals surface area contributed by atoms with Crippen LogP contribution in [0.2, 0.25) is 0 Å². The van der Waals surface area contributed by atoms with Crippen molar-refractivity contribution in [1.29, 1.82) is 0 Å². The van der Waals surface area contributed by atoms with Gasteiger partial charge in [0.2, 0.25) is 0 Å². The van der Waals surface area contributed by atoms with Crippen molar-refractivity contribution in [1.82, 2.24) is 5.32 Å². The van der Waals surface area contributed by atoms with Gasteiger partial charge in [0.05, 0.1) is 0 Å². The zero-order valence-electron chi connectivity index (χ0n) is 9.69. The Morgan fingerprint density at radius 1 is 1.47 bits per heavy atom. The lowest BCUT2D eigenvalue weighted by molar-refractivity contribution is 0.0940. The first-order valence-corrected chi connectivity index (χ1v) is 5.79. The predicted molar refractivity (Wildman–Crippen MR) is 63.3 cm³/mol. The van der Waals surface area contributed by atoms with E-state index in [-0.39, 0.29) is 18.0 Å². The molecule has 1 atom stereocenters. The van der Waals surface area contributed by atoms with Gasteiger partial charge in [-0.25, -0.2) is 8.78 Å². The van der Waals surface area contributed by atoms with E-state index >= 15 is 0 Å². The summed E-state index contributed by atoms with van der Waals surface area (Å²) in [5, 5.41) is 2.46. The van der Waals surface area contributed by atoms with E-state index in [1.54, 1.807) is 0 Å². The maximum atomic E-state index is 13.6. The summed E-state index contributed by atoms with van der Waals surface area (Å²) in [6.45, 7) is 3.60. The molecule has 0 aliphatic rings. The highest BCUT2D eigenvalue weighted by Crippen LogP contribution is 2.16. The molecule has 1 rings (SSSR count). The number of hydrogen-bond donors (Lipinski definition) is 1. The maximum Gasteiger partial charge on any atom is 0.257 e. The summed E-state index contributed by atoms with van der Waals surface area (Å²) in [6, 6.07) is 2.38. The molecule has 1 unspecified atom stereocenters. The number of carbonyl (C=O) groups excluding carboxylic acids is 1. The molecule has 0 saturated carbocycles. The topological polar surface area (TPSA) is 29.1 Å². The van der Waals surface area contributed by atoms with Crippen LogP contribution in [0.4, 0.5) is 8.78 Å². The van der Waals surface area contributed by atoms with Gasteiger partial charge in [0.15, 0.2) is 0 Å². The maximum absolute atomic E-state index is 13.6. The molecule has 1 N–H and O–H groups in total. The van der Waals surface area contributed by atoms with Gasteiger partial charge >= 0.3 is 0 Å². The second-order valence-electron chi connectivity index (χ2n) is 4.02. The highest BCUT2D eigenvalue weighted by atomic mass is 35.5. The SMILES string of the molecule is Cc1ccc(F)c(C(=O)NCC(C)CCl)c1F. The van der Waals surface area contributed by atoms with Crippen LogP contribution in [0.15, 0.2) is 12.1 Å². The summed E-state index contributed by atoms with van der Waals surface area (Å²) in [5.74, 6) is -2.00. The number of rotatable bonds is 4. The number of amides is 1. The minimum atomic E-state index is -0.857. The number of alkyl halides is 1. The first-order valence-electron chi connectivity index (χ1n) is 5.26. The molecule has 0 radical (unpaired) electrons. The molecule has 0 bridgehead atoms. The molecular weight excluding hydrogens is 248 g/mol. The average molecular weight is 262 g/mol. The van der Waals surface area contributed by atoms with E-state index in [1.807, 2.05) is 6.92 Å². The number of benzene rings is 1. The highest BCUT2D eigenvalue weighted by Gasteiger charge is 2.19. The summed E-state index contributed by atoms with van der Waals surface area (Å²) < 4.78 is 27.0. The molecule has 17 heavy (non-hydrogen) atoms. The van der Waals surface area contributed by atoms with Crippen LogP contribution in [0.3, 0.4) is 0 Å². The Balaban J connectivity index is 2.86. The number of halogens is 3. The third-order valence-corrected chi connectivity index (χ3v) is 2.91. The fraction of sp³-hybridized carbons (Fsp3) is 0.417. The first-order chi connectivity index (χ1) is 7.97. The molecule has 0 aliphatic heterocycles. The van der Waals surface area contributed by atoms with E-state index in [9.17, 15) is 13.6 Å². The molecule has 0 aliphatic carbocycles. The molecule has 0 fully saturated rings. The lowest BCUT2D eigenvalue weighted by atomic mass is 10.1. The Morgan fingerprint density at radius 2 is 2.12 bits per heavy atom. The Labute approximate surface area is 104 Å². The van der Waals surface area contributed by atoms with Gasteiger partial charge in [-0.1, -0.05) is 13.0 Å². The van der Waals surface area contributed by atoms with Gasteiger partial charge in [-0.2, -0.15) is 0 Å². The standard InChI is InChI=1S/C12H14ClF2NO/c1-7(5-13)6-16-12(17)10-9(14)4-3-8(2)11(10)15/h3-4,7H,5-6H2,1-2H3,(H,16,17). The van der Waals surface area contributed by atoms with E-state index in [0.29, 0.717) is 5.88 Å². The Hall–Kier alpha value is -1.16. The predicted octanol–water partition coefficient (Wildman–Crippen LogP) is 2.88. The van der Waals surface area contributed by atoms with Gasteiger partial charge in [-0.3, -0.25) is 4.79 Å². The van der Waals surface area contributed by atoms with E-state index in [2.05, 4.69) is 5.32 Å². The fourth-order valence-electron chi connectivity index (χ4n) is 1.27. The molecule has 0 spiro atoms. The molecular formula is C12H14ClF2NO. The van der Waals surface area contributed by atoms with Crippen molar-refractivity contribution < 1.29 is 13.6 Å². The van der Waals surface area contributed by atoms with Gasteiger partial charge in [0.1, 0.15) is 17.2 Å². The summed E-state index contributed by atoms with van der Waals surface area (Å²) in [7, 11) is 0. The third-order valence-electron chi connectivity index (χ3n) is 2.39. The monoisotopic (exact) mass is 261 g/mol. The smallest absolute Gasteiger partial charge is 0.257 e. The van der Waals surface area contributed by atoms with Crippen molar-refractivity contribution in [3.8, 4) is 0 Å². The average Bonchev–Trinajstić information content (AvgIpc) is 2.31. The van der Waals surface area contributed by atoms with Crippen LogP contribution in [-0.4, -0.2) is 18.3 Å². The minimum Gasteiger partial charge on any atom is -0.352 e. The number of hydrogen-bond acceptors (Lipinski definition) is 1. The zero-order chi connectivity index (χ0) is 13.0. The second kappa shape index (κ2) is 5.96. The normalized spacial score (nSPS) is 12.3. The molecule has 0 heterocycles. The zero-order valence-corrected chi connectivity index (χ0v) is 10.4. The molecule has 5 heteroatoms. The van der Waals surface area contributed by atoms with E-state index in [0.717, 1.165) is 6.07 Å². The largest absolute Gasteiger partial charge is 0.352 e. The molecule has 0 saturated heterocycles. The van der Waals surface area contributed by atoms with E-state index in [4.69, 9.17) is 11.6 Å². The van der Waals surface area contributed by atoms with E-state index in [1.165, 1.54) is 13.0 Å². The summed E-state index contributed by atoms with van der Waals surface area (Å²) in [6.07, 6.45) is 0. The third kappa shape index (κ3) is 3.40. The van der Waals surface area contributed by atoms with Gasteiger partial charge in [0.25, 0.3) is 5.91 Å². The van der Waals surface area contributed by atoms with Crippen molar-refractivity contribution >= 4 is 17.5 Å². The van der Waals surface area contributed by atoms with Crippen molar-refractivity contribution in [2.75, 3.05) is 12.4 Å². The van der Waals surface area contributed by atoms with Crippen molar-refractivity contribution in [3.05, 3.63) is 34.9 Å². The second-order valence-corrected chi connectivity index (χ2v) is 4.33. The molecule has 0 aromatic heterocycles. The molecule has 1 amide bonds. The van der Waals surface area contributed by atoms with Gasteiger partial charge in [-0.05, 0) is 24.5 Å². The van der Waals surface area contributed by atoms with E-state index < -0.39 is 23.1 Å². The van der Waals surface area contributed by atoms with Gasteiger partial charge in [-0.15, -0.1) is 11.6 Å².